The largest absolute Gasteiger partial charge is 0.390 e. The fraction of sp³-hybridized carbons (Fsp3) is 0.917. The molecule has 0 aromatic carbocycles. The number of carbonyl (C=O) groups is 1. The van der Waals surface area contributed by atoms with Gasteiger partial charge in [0.25, 0.3) is 0 Å². The molecule has 0 aromatic rings. The highest BCUT2D eigenvalue weighted by Gasteiger charge is 2.41. The number of alkyl halides is 3. The van der Waals surface area contributed by atoms with Crippen LogP contribution in [-0.2, 0) is 14.3 Å². The van der Waals surface area contributed by atoms with Gasteiger partial charge in [-0.15, -0.1) is 0 Å². The molecule has 1 saturated heterocycles. The highest BCUT2D eigenvalue weighted by atomic mass is 19.4. The molecule has 4 nitrogen and oxygen atoms in total. The summed E-state index contributed by atoms with van der Waals surface area (Å²) in [6, 6.07) is 0. The minimum absolute atomic E-state index is 0.230. The van der Waals surface area contributed by atoms with Crippen LogP contribution < -0.4 is 5.32 Å². The summed E-state index contributed by atoms with van der Waals surface area (Å²) in [4.78, 5) is 11.7. The lowest BCUT2D eigenvalue weighted by atomic mass is 9.84. The number of nitrogens with one attached hydrogen (secondary N) is 1. The Bertz CT molecular complexity index is 317. The van der Waals surface area contributed by atoms with Crippen LogP contribution in [-0.4, -0.2) is 37.6 Å². The number of hydrogen-bond acceptors (Lipinski definition) is 3. The predicted octanol–water partition coefficient (Wildman–Crippen LogP) is 1.99. The van der Waals surface area contributed by atoms with Gasteiger partial charge < -0.3 is 14.8 Å². The van der Waals surface area contributed by atoms with Gasteiger partial charge in [0, 0.05) is 25.3 Å². The zero-order valence-electron chi connectivity index (χ0n) is 10.6. The molecule has 1 aliphatic heterocycles. The first kappa shape index (κ1) is 14.6. The Morgan fingerprint density at radius 2 is 1.79 bits per heavy atom. The van der Waals surface area contributed by atoms with E-state index in [1.165, 1.54) is 0 Å². The number of rotatable bonds is 3. The topological polar surface area (TPSA) is 47.6 Å². The van der Waals surface area contributed by atoms with Crippen LogP contribution in [0.3, 0.4) is 0 Å². The highest BCUT2D eigenvalue weighted by Crippen LogP contribution is 2.38. The third-order valence-electron chi connectivity index (χ3n) is 3.64. The van der Waals surface area contributed by atoms with Crippen LogP contribution >= 0.6 is 0 Å². The highest BCUT2D eigenvalue weighted by molar-refractivity contribution is 5.78. The molecule has 0 atom stereocenters. The second kappa shape index (κ2) is 5.66. The average molecular weight is 281 g/mol. The van der Waals surface area contributed by atoms with Crippen LogP contribution in [0.1, 0.15) is 32.1 Å². The average Bonchev–Trinajstić information content (AvgIpc) is 2.77. The molecule has 1 amide bonds. The van der Waals surface area contributed by atoms with Crippen LogP contribution in [0, 0.1) is 5.92 Å². The van der Waals surface area contributed by atoms with Crippen LogP contribution in [0.4, 0.5) is 13.2 Å². The Morgan fingerprint density at radius 1 is 1.21 bits per heavy atom. The summed E-state index contributed by atoms with van der Waals surface area (Å²) in [5.41, 5.74) is 0. The van der Waals surface area contributed by atoms with Crippen molar-refractivity contribution in [1.82, 2.24) is 5.32 Å². The van der Waals surface area contributed by atoms with E-state index in [9.17, 15) is 18.0 Å². The standard InChI is InChI=1S/C12H18F3NO3/c13-12(14,15)5-6-16-10(17)9-1-3-11(4-2-9)18-7-8-19-11/h9H,1-8H2,(H,16,17). The lowest BCUT2D eigenvalue weighted by molar-refractivity contribution is -0.183. The summed E-state index contributed by atoms with van der Waals surface area (Å²) in [6.45, 7) is 0.794. The van der Waals surface area contributed by atoms with Crippen LogP contribution in [0.5, 0.6) is 0 Å². The Morgan fingerprint density at radius 3 is 2.32 bits per heavy atom. The minimum atomic E-state index is -4.23. The summed E-state index contributed by atoms with van der Waals surface area (Å²) in [5.74, 6) is -1.06. The van der Waals surface area contributed by atoms with Crippen molar-refractivity contribution < 1.29 is 27.4 Å². The first-order valence-corrected chi connectivity index (χ1v) is 6.53. The smallest absolute Gasteiger partial charge is 0.356 e. The third kappa shape index (κ3) is 4.07. The van der Waals surface area contributed by atoms with E-state index in [-0.39, 0.29) is 18.4 Å². The number of ether oxygens (including phenoxy) is 2. The maximum absolute atomic E-state index is 12.0. The molecule has 0 bridgehead atoms. The molecular formula is C12H18F3NO3. The summed E-state index contributed by atoms with van der Waals surface area (Å²) in [5, 5.41) is 2.35. The van der Waals surface area contributed by atoms with Gasteiger partial charge >= 0.3 is 6.18 Å². The third-order valence-corrected chi connectivity index (χ3v) is 3.64. The molecule has 1 spiro atoms. The summed E-state index contributed by atoms with van der Waals surface area (Å²) < 4.78 is 47.0. The molecule has 110 valence electrons. The number of halogens is 3. The molecule has 0 radical (unpaired) electrons. The van der Waals surface area contributed by atoms with Gasteiger partial charge in [-0.3, -0.25) is 4.79 Å². The van der Waals surface area contributed by atoms with Gasteiger partial charge in [-0.05, 0) is 12.8 Å². The van der Waals surface area contributed by atoms with E-state index in [2.05, 4.69) is 5.32 Å². The van der Waals surface area contributed by atoms with Crippen molar-refractivity contribution in [3.63, 3.8) is 0 Å². The summed E-state index contributed by atoms with van der Waals surface area (Å²) in [6.07, 6.45) is -2.76. The predicted molar refractivity (Wildman–Crippen MR) is 60.3 cm³/mol. The van der Waals surface area contributed by atoms with Crippen molar-refractivity contribution in [2.24, 2.45) is 5.92 Å². The monoisotopic (exact) mass is 281 g/mol. The van der Waals surface area contributed by atoms with Crippen molar-refractivity contribution in [2.75, 3.05) is 19.8 Å². The molecule has 1 aliphatic carbocycles. The Kier molecular flexibility index (Phi) is 4.35. The lowest BCUT2D eigenvalue weighted by Gasteiger charge is -2.34. The van der Waals surface area contributed by atoms with E-state index < -0.39 is 18.4 Å². The molecule has 1 heterocycles. The van der Waals surface area contributed by atoms with Gasteiger partial charge in [0.05, 0.1) is 19.6 Å². The van der Waals surface area contributed by atoms with Gasteiger partial charge in [0.1, 0.15) is 0 Å². The molecule has 2 fully saturated rings. The summed E-state index contributed by atoms with van der Waals surface area (Å²) in [7, 11) is 0. The minimum Gasteiger partial charge on any atom is -0.356 e. The molecule has 1 N–H and O–H groups in total. The van der Waals surface area contributed by atoms with Gasteiger partial charge in [0.15, 0.2) is 5.79 Å². The fourth-order valence-corrected chi connectivity index (χ4v) is 2.58. The number of amides is 1. The van der Waals surface area contributed by atoms with Gasteiger partial charge in [-0.2, -0.15) is 13.2 Å². The van der Waals surface area contributed by atoms with Crippen molar-refractivity contribution in [1.29, 1.82) is 0 Å². The Hall–Kier alpha value is -0.820. The van der Waals surface area contributed by atoms with Crippen LogP contribution in [0.15, 0.2) is 0 Å². The van der Waals surface area contributed by atoms with E-state index in [0.717, 1.165) is 0 Å². The molecule has 2 aliphatic rings. The maximum atomic E-state index is 12.0. The van der Waals surface area contributed by atoms with E-state index in [1.54, 1.807) is 0 Å². The van der Waals surface area contributed by atoms with Crippen molar-refractivity contribution >= 4 is 5.91 Å². The molecular weight excluding hydrogens is 263 g/mol. The van der Waals surface area contributed by atoms with E-state index in [0.29, 0.717) is 38.9 Å². The molecule has 0 unspecified atom stereocenters. The van der Waals surface area contributed by atoms with Gasteiger partial charge in [0.2, 0.25) is 5.91 Å². The quantitative estimate of drug-likeness (QED) is 0.860. The fourth-order valence-electron chi connectivity index (χ4n) is 2.58. The van der Waals surface area contributed by atoms with Crippen molar-refractivity contribution in [3.05, 3.63) is 0 Å². The Balaban J connectivity index is 1.70. The molecule has 1 saturated carbocycles. The zero-order chi connectivity index (χ0) is 13.9. The second-order valence-corrected chi connectivity index (χ2v) is 5.04. The van der Waals surface area contributed by atoms with Crippen LogP contribution in [0.25, 0.3) is 0 Å². The summed E-state index contributed by atoms with van der Waals surface area (Å²) >= 11 is 0. The van der Waals surface area contributed by atoms with E-state index >= 15 is 0 Å². The molecule has 7 heteroatoms. The maximum Gasteiger partial charge on any atom is 0.390 e. The van der Waals surface area contributed by atoms with Gasteiger partial charge in [-0.25, -0.2) is 0 Å². The Labute approximate surface area is 109 Å². The lowest BCUT2D eigenvalue weighted by Crippen LogP contribution is -2.41. The molecule has 2 rings (SSSR count). The van der Waals surface area contributed by atoms with Gasteiger partial charge in [-0.1, -0.05) is 0 Å². The normalized spacial score (nSPS) is 23.7. The first-order chi connectivity index (χ1) is 8.90. The van der Waals surface area contributed by atoms with E-state index in [1.807, 2.05) is 0 Å². The van der Waals surface area contributed by atoms with Crippen LogP contribution in [0.2, 0.25) is 0 Å². The number of hydrogen-bond donors (Lipinski definition) is 1. The number of carbonyl (C=O) groups excluding carboxylic acids is 1. The zero-order valence-corrected chi connectivity index (χ0v) is 10.6. The van der Waals surface area contributed by atoms with Crippen molar-refractivity contribution in [2.45, 2.75) is 44.1 Å². The van der Waals surface area contributed by atoms with E-state index in [4.69, 9.17) is 9.47 Å². The molecule has 0 aromatic heterocycles. The first-order valence-electron chi connectivity index (χ1n) is 6.53. The SMILES string of the molecule is O=C(NCCC(F)(F)F)C1CCC2(CC1)OCCO2. The van der Waals surface area contributed by atoms with Crippen molar-refractivity contribution in [3.8, 4) is 0 Å². The molecule has 19 heavy (non-hydrogen) atoms. The second-order valence-electron chi connectivity index (χ2n) is 5.04.